The van der Waals surface area contributed by atoms with Gasteiger partial charge in [-0.2, -0.15) is 46.8 Å². The zero-order chi connectivity index (χ0) is 88.4. The van der Waals surface area contributed by atoms with E-state index in [1.165, 1.54) is 38.8 Å². The van der Waals surface area contributed by atoms with Crippen molar-refractivity contribution in [1.82, 2.24) is 46.4 Å². The number of piperidine rings is 5. The summed E-state index contributed by atoms with van der Waals surface area (Å²) in [5.41, 5.74) is 0.992. The summed E-state index contributed by atoms with van der Waals surface area (Å²) in [6, 6.07) is 35.3. The van der Waals surface area contributed by atoms with E-state index in [-0.39, 0.29) is 0 Å². The highest BCUT2D eigenvalue weighted by molar-refractivity contribution is 7.90. The molecule has 5 aromatic rings. The first kappa shape index (κ1) is 98.7. The van der Waals surface area contributed by atoms with Gasteiger partial charge in [0.25, 0.3) is 0 Å². The van der Waals surface area contributed by atoms with E-state index in [4.69, 9.17) is 53.7 Å². The molecule has 10 heterocycles. The van der Waals surface area contributed by atoms with Crippen LogP contribution in [0.5, 0.6) is 5.75 Å². The molecule has 12 aliphatic rings. The van der Waals surface area contributed by atoms with Gasteiger partial charge >= 0.3 is 34.7 Å². The highest BCUT2D eigenvalue weighted by Crippen LogP contribution is 2.45. The number of nitrogens with zero attached hydrogens (tertiary/aromatic N) is 9. The summed E-state index contributed by atoms with van der Waals surface area (Å²) < 4.78 is 223. The molecule has 0 unspecified atom stereocenters. The molecule has 0 aromatic heterocycles. The van der Waals surface area contributed by atoms with E-state index in [2.05, 4.69) is 45.8 Å². The lowest BCUT2D eigenvalue weighted by atomic mass is 10.00. The van der Waals surface area contributed by atoms with E-state index in [1.807, 2.05) is 76.2 Å². The molecular weight excluding hydrogens is 1730 g/mol. The average Bonchev–Trinajstić information content (AvgIpc) is 1.59. The largest absolute Gasteiger partial charge is 0.497 e. The maximum atomic E-state index is 13.1. The molecular formula is C82H120N10O22S8. The lowest BCUT2D eigenvalue weighted by Crippen LogP contribution is -2.55. The number of nitrogens with one attached hydrogen (secondary N) is 1. The van der Waals surface area contributed by atoms with Crippen LogP contribution in [0, 0.1) is 39.5 Å². The normalized spacial score (nSPS) is 22.6. The van der Waals surface area contributed by atoms with Crippen LogP contribution in [0.1, 0.15) is 126 Å². The molecule has 2 saturated carbocycles. The fourth-order valence-electron chi connectivity index (χ4n) is 17.5. The number of sulfonamides is 5. The number of aryl methyl sites for hydroxylation is 4. The highest BCUT2D eigenvalue weighted by Gasteiger charge is 2.56. The smallest absolute Gasteiger partial charge is 0.335 e. The topological polar surface area (TPSA) is 370 Å². The summed E-state index contributed by atoms with van der Waals surface area (Å²) in [5, 5.41) is 3.25. The number of hydrogen-bond acceptors (Lipinski definition) is 27. The van der Waals surface area contributed by atoms with E-state index in [0.717, 1.165) is 138 Å². The van der Waals surface area contributed by atoms with Crippen molar-refractivity contribution in [1.29, 1.82) is 0 Å². The van der Waals surface area contributed by atoms with Gasteiger partial charge in [-0.1, -0.05) is 70.8 Å². The second-order valence-corrected chi connectivity index (χ2v) is 42.9. The summed E-state index contributed by atoms with van der Waals surface area (Å²) in [5.74, 6) is 2.39. The minimum atomic E-state index is -3.58. The maximum absolute atomic E-state index is 13.1. The first-order valence-corrected chi connectivity index (χ1v) is 50.9. The number of rotatable bonds is 16. The van der Waals surface area contributed by atoms with Crippen LogP contribution in [0.15, 0.2) is 146 Å². The van der Waals surface area contributed by atoms with E-state index >= 15 is 0 Å². The van der Waals surface area contributed by atoms with Crippen molar-refractivity contribution in [3.8, 4) is 5.75 Å². The fraction of sp³-hybridized carbons (Fsp3) is 0.634. The molecule has 17 rings (SSSR count). The number of benzene rings is 5. The van der Waals surface area contributed by atoms with Gasteiger partial charge in [-0.3, -0.25) is 0 Å². The Hall–Kier alpha value is -5.49. The molecule has 32 nitrogen and oxygen atoms in total. The van der Waals surface area contributed by atoms with Crippen molar-refractivity contribution in [2.75, 3.05) is 158 Å². The third-order valence-corrected chi connectivity index (χ3v) is 34.7. The van der Waals surface area contributed by atoms with Crippen molar-refractivity contribution in [2.24, 2.45) is 11.8 Å². The molecule has 12 fully saturated rings. The fourth-order valence-corrected chi connectivity index (χ4v) is 26.2. The number of methoxy groups -OCH3 is 1. The van der Waals surface area contributed by atoms with Crippen LogP contribution in [0.3, 0.4) is 0 Å². The molecule has 10 aliphatic heterocycles. The Morgan fingerprint density at radius 3 is 0.803 bits per heavy atom. The second kappa shape index (κ2) is 43.5. The monoisotopic (exact) mass is 1850 g/mol. The van der Waals surface area contributed by atoms with Crippen LogP contribution in [-0.4, -0.2) is 302 Å². The number of ether oxygens (including phenoxy) is 6. The van der Waals surface area contributed by atoms with Crippen LogP contribution >= 0.6 is 0 Å². The van der Waals surface area contributed by atoms with Gasteiger partial charge in [-0.15, -0.1) is 0 Å². The van der Waals surface area contributed by atoms with Gasteiger partial charge in [-0.05, 0) is 172 Å². The summed E-state index contributed by atoms with van der Waals surface area (Å²) >= 11 is -2.25. The van der Waals surface area contributed by atoms with E-state index in [9.17, 15) is 42.1 Å². The molecule has 0 radical (unpaired) electrons. The standard InChI is InChI=1S/2C18H26N2O3S.C17H26N2O4S.C15H22N2O3S.C14H20N2O3S.3O2S/c2*1-15-2-6-17(7-3-15)24(21,22)20-12-13-23-18(20)8-10-19(11-9-18)14-16-4-5-16;1-14(2)18-10-8-17(9-11-18)19(12-13-23-17)24(20,21)16-6-4-15(22-3)5-7-16;1-13-3-5-14(6-4-13)21(18,19)17-11-12-20-15(17)7-9-16(2)10-8-15;1-12-2-4-13(5-3-12)20(17,18)16-10-11-19-14(16)6-8-15-9-7-14;3*1-3-2/h2*2-3,6-7,16H,4-5,8-14H2,1H3;4-7,14H,8-13H2,1-3H3;3-6H,7-12H2,1-2H3;2-5,15H,6-11H2,1H3;;;. The zero-order valence-corrected chi connectivity index (χ0v) is 77.5. The Morgan fingerprint density at radius 2 is 0.574 bits per heavy atom. The SMILES string of the molecule is COc1ccc(S(=O)(=O)N2CCOC23CCN(C(C)C)CC3)cc1.Cc1ccc(S(=O)(=O)N2CCOC23CCN(C)CC3)cc1.Cc1ccc(S(=O)(=O)N2CCOC23CCN(CC2CC2)CC3)cc1.Cc1ccc(S(=O)(=O)N2CCOC23CCN(CC2CC2)CC3)cc1.Cc1ccc(S(=O)(=O)N2CCOC23CCNCC3)cc1.O=S=O.O=S=O.O=S=O. The van der Waals surface area contributed by atoms with Crippen LogP contribution in [0.2, 0.25) is 0 Å². The summed E-state index contributed by atoms with van der Waals surface area (Å²) in [6.07, 6.45) is 12.8. The molecule has 0 atom stereocenters. The van der Waals surface area contributed by atoms with Crippen molar-refractivity contribution >= 4 is 84.8 Å². The van der Waals surface area contributed by atoms with Gasteiger partial charge in [-0.25, -0.2) is 42.1 Å². The molecule has 1 N–H and O–H groups in total. The van der Waals surface area contributed by atoms with Crippen molar-refractivity contribution in [3.05, 3.63) is 144 Å². The van der Waals surface area contributed by atoms with E-state index in [1.54, 1.807) is 101 Å². The van der Waals surface area contributed by atoms with E-state index < -0.39 is 113 Å². The molecule has 40 heteroatoms. The quantitative estimate of drug-likeness (QED) is 0.105. The summed E-state index contributed by atoms with van der Waals surface area (Å²) in [4.78, 5) is 11.3. The van der Waals surface area contributed by atoms with E-state index in [0.29, 0.717) is 128 Å². The average molecular weight is 1850 g/mol. The Kier molecular flexibility index (Phi) is 35.2. The van der Waals surface area contributed by atoms with Gasteiger partial charge in [0.1, 0.15) is 34.4 Å². The molecule has 678 valence electrons. The van der Waals surface area contributed by atoms with Crippen molar-refractivity contribution in [3.63, 3.8) is 0 Å². The lowest BCUT2D eigenvalue weighted by Gasteiger charge is -2.44. The van der Waals surface area contributed by atoms with Crippen molar-refractivity contribution < 1.29 is 95.8 Å². The third-order valence-electron chi connectivity index (χ3n) is 24.8. The molecule has 0 bridgehead atoms. The van der Waals surface area contributed by atoms with Crippen LogP contribution < -0.4 is 10.1 Å². The zero-order valence-electron chi connectivity index (χ0n) is 71.0. The molecule has 5 aromatic carbocycles. The maximum Gasteiger partial charge on any atom is 0.335 e. The predicted molar refractivity (Wildman–Crippen MR) is 459 cm³/mol. The van der Waals surface area contributed by atoms with Crippen LogP contribution in [0.25, 0.3) is 0 Å². The lowest BCUT2D eigenvalue weighted by molar-refractivity contribution is -0.0943. The molecule has 2 aliphatic carbocycles. The van der Waals surface area contributed by atoms with Gasteiger partial charge in [0, 0.05) is 168 Å². The molecule has 0 amide bonds. The second-order valence-electron chi connectivity index (χ2n) is 33.2. The Balaban J connectivity index is 0.000000156. The van der Waals surface area contributed by atoms with Crippen LogP contribution in [0.4, 0.5) is 0 Å². The van der Waals surface area contributed by atoms with Gasteiger partial charge in [0.15, 0.2) is 0 Å². The molecule has 122 heavy (non-hydrogen) atoms. The van der Waals surface area contributed by atoms with Crippen molar-refractivity contribution in [2.45, 2.75) is 191 Å². The minimum Gasteiger partial charge on any atom is -0.497 e. The Labute approximate surface area is 732 Å². The molecule has 10 saturated heterocycles. The predicted octanol–water partition coefficient (Wildman–Crippen LogP) is 6.88. The van der Waals surface area contributed by atoms with Gasteiger partial charge < -0.3 is 53.3 Å². The Morgan fingerprint density at radius 1 is 0.352 bits per heavy atom. The number of likely N-dealkylation sites (tertiary alicyclic amines) is 4. The third kappa shape index (κ3) is 24.1. The first-order valence-electron chi connectivity index (χ1n) is 41.7. The van der Waals surface area contributed by atoms with Gasteiger partial charge in [0.05, 0.1) is 64.6 Å². The highest BCUT2D eigenvalue weighted by atomic mass is 32.2. The number of hydrogen-bond donors (Lipinski definition) is 1. The first-order chi connectivity index (χ1) is 58.1. The summed E-state index contributed by atoms with van der Waals surface area (Å²) in [6.45, 7) is 27.8. The minimum absolute atomic E-state index is 0.291. The molecule has 5 spiro atoms. The summed E-state index contributed by atoms with van der Waals surface area (Å²) in [7, 11) is -13.9. The van der Waals surface area contributed by atoms with Crippen LogP contribution in [-0.2, 0) is 109 Å². The Bertz CT molecular complexity index is 4780. The van der Waals surface area contributed by atoms with Gasteiger partial charge in [0.2, 0.25) is 50.1 Å².